The third-order valence-corrected chi connectivity index (χ3v) is 4.86. The average Bonchev–Trinajstić information content (AvgIpc) is 2.71. The first-order valence-electron chi connectivity index (χ1n) is 8.93. The van der Waals surface area contributed by atoms with Crippen molar-refractivity contribution >= 4 is 23.2 Å². The molecular weight excluding hydrogens is 378 g/mol. The van der Waals surface area contributed by atoms with Gasteiger partial charge in [0.1, 0.15) is 5.56 Å². The van der Waals surface area contributed by atoms with E-state index in [0.717, 1.165) is 23.6 Å². The van der Waals surface area contributed by atoms with Gasteiger partial charge in [-0.05, 0) is 29.7 Å². The summed E-state index contributed by atoms with van der Waals surface area (Å²) in [5, 5.41) is 14.1. The summed E-state index contributed by atoms with van der Waals surface area (Å²) in [6.07, 6.45) is 0.740. The minimum absolute atomic E-state index is 0.00830. The van der Waals surface area contributed by atoms with Crippen LogP contribution in [0.5, 0.6) is 11.5 Å². The molecule has 0 saturated carbocycles. The number of nitro benzene ring substituents is 1. The van der Waals surface area contributed by atoms with Crippen molar-refractivity contribution in [3.8, 4) is 11.5 Å². The van der Waals surface area contributed by atoms with E-state index >= 15 is 0 Å². The first-order valence-corrected chi connectivity index (χ1v) is 8.93. The fourth-order valence-electron chi connectivity index (χ4n) is 3.30. The number of hydrogen-bond donors (Lipinski definition) is 1. The quantitative estimate of drug-likeness (QED) is 0.611. The van der Waals surface area contributed by atoms with Gasteiger partial charge in [0, 0.05) is 31.8 Å². The van der Waals surface area contributed by atoms with E-state index in [1.165, 1.54) is 27.2 Å². The van der Waals surface area contributed by atoms with Gasteiger partial charge in [-0.15, -0.1) is 0 Å². The molecule has 0 aliphatic carbocycles. The number of nitro groups is 1. The number of nitrogens with one attached hydrogen (secondary N) is 1. The maximum absolute atomic E-state index is 12.8. The summed E-state index contributed by atoms with van der Waals surface area (Å²) in [5.41, 5.74) is 2.00. The van der Waals surface area contributed by atoms with E-state index in [1.807, 2.05) is 6.07 Å². The van der Waals surface area contributed by atoms with Crippen LogP contribution in [-0.4, -0.2) is 42.4 Å². The van der Waals surface area contributed by atoms with Crippen LogP contribution < -0.4 is 14.8 Å². The van der Waals surface area contributed by atoms with E-state index in [0.29, 0.717) is 18.8 Å². The second kappa shape index (κ2) is 8.17. The normalized spacial score (nSPS) is 12.7. The summed E-state index contributed by atoms with van der Waals surface area (Å²) in [5.74, 6) is -0.275. The van der Waals surface area contributed by atoms with E-state index in [2.05, 4.69) is 5.32 Å². The van der Waals surface area contributed by atoms with Gasteiger partial charge < -0.3 is 19.7 Å². The Bertz CT molecular complexity index is 988. The van der Waals surface area contributed by atoms with Gasteiger partial charge in [0.05, 0.1) is 25.2 Å². The predicted octanol–water partition coefficient (Wildman–Crippen LogP) is 2.77. The average molecular weight is 399 g/mol. The molecule has 0 atom stereocenters. The van der Waals surface area contributed by atoms with Crippen LogP contribution in [0.4, 0.5) is 11.4 Å². The predicted molar refractivity (Wildman–Crippen MR) is 105 cm³/mol. The van der Waals surface area contributed by atoms with Gasteiger partial charge in [0.2, 0.25) is 5.91 Å². The Morgan fingerprint density at radius 1 is 1.10 bits per heavy atom. The number of fused-ring (bicyclic) bond motifs is 1. The number of carbonyl (C=O) groups excluding carboxylic acids is 2. The second-order valence-corrected chi connectivity index (χ2v) is 6.61. The Balaban J connectivity index is 1.90. The highest BCUT2D eigenvalue weighted by molar-refractivity contribution is 6.07. The van der Waals surface area contributed by atoms with Crippen molar-refractivity contribution in [1.29, 1.82) is 0 Å². The van der Waals surface area contributed by atoms with Gasteiger partial charge in [0.15, 0.2) is 11.5 Å². The molecule has 2 amide bonds. The zero-order valence-corrected chi connectivity index (χ0v) is 16.4. The molecule has 29 heavy (non-hydrogen) atoms. The number of nitrogens with zero attached hydrogens (tertiary/aromatic N) is 2. The van der Waals surface area contributed by atoms with Crippen LogP contribution in [0.1, 0.15) is 28.4 Å². The molecule has 0 bridgehead atoms. The fraction of sp³-hybridized carbons (Fsp3) is 0.300. The zero-order chi connectivity index (χ0) is 21.1. The molecule has 1 aliphatic heterocycles. The molecule has 0 saturated heterocycles. The third-order valence-electron chi connectivity index (χ3n) is 4.86. The maximum atomic E-state index is 12.8. The number of rotatable bonds is 5. The third kappa shape index (κ3) is 4.13. The largest absolute Gasteiger partial charge is 0.493 e. The highest BCUT2D eigenvalue weighted by atomic mass is 16.6. The standard InChI is InChI=1S/C20H21N3O6/c1-12(24)22-7-6-13-4-5-15(8-14(13)11-22)21-20(25)16-9-18(28-2)19(29-3)10-17(16)23(26)27/h4-5,8-10H,6-7,11H2,1-3H3,(H,21,25). The van der Waals surface area contributed by atoms with Crippen molar-refractivity contribution in [2.45, 2.75) is 19.9 Å². The Labute approximate surface area is 167 Å². The van der Waals surface area contributed by atoms with Crippen LogP contribution in [0.3, 0.4) is 0 Å². The Morgan fingerprint density at radius 2 is 1.79 bits per heavy atom. The summed E-state index contributed by atoms with van der Waals surface area (Å²) in [7, 11) is 2.74. The van der Waals surface area contributed by atoms with Crippen LogP contribution in [0.2, 0.25) is 0 Å². The molecule has 1 aliphatic rings. The highest BCUT2D eigenvalue weighted by Crippen LogP contribution is 2.35. The van der Waals surface area contributed by atoms with Crippen LogP contribution in [0.25, 0.3) is 0 Å². The van der Waals surface area contributed by atoms with Crippen molar-refractivity contribution in [2.75, 3.05) is 26.1 Å². The lowest BCUT2D eigenvalue weighted by atomic mass is 9.99. The van der Waals surface area contributed by atoms with Crippen molar-refractivity contribution in [2.24, 2.45) is 0 Å². The Morgan fingerprint density at radius 3 is 2.41 bits per heavy atom. The topological polar surface area (TPSA) is 111 Å². The fourth-order valence-corrected chi connectivity index (χ4v) is 3.30. The zero-order valence-electron chi connectivity index (χ0n) is 16.4. The number of hydrogen-bond acceptors (Lipinski definition) is 6. The first-order chi connectivity index (χ1) is 13.8. The molecule has 152 valence electrons. The lowest BCUT2D eigenvalue weighted by Gasteiger charge is -2.28. The van der Waals surface area contributed by atoms with Crippen LogP contribution in [0.15, 0.2) is 30.3 Å². The van der Waals surface area contributed by atoms with Crippen LogP contribution in [-0.2, 0) is 17.8 Å². The van der Waals surface area contributed by atoms with E-state index in [9.17, 15) is 19.7 Å². The number of benzene rings is 2. The summed E-state index contributed by atoms with van der Waals surface area (Å²) in [4.78, 5) is 36.9. The van der Waals surface area contributed by atoms with Gasteiger partial charge in [-0.2, -0.15) is 0 Å². The van der Waals surface area contributed by atoms with Gasteiger partial charge >= 0.3 is 0 Å². The Hall–Kier alpha value is -3.62. The SMILES string of the molecule is COc1cc(C(=O)Nc2ccc3c(c2)CN(C(C)=O)CC3)c([N+](=O)[O-])cc1OC. The molecule has 0 fully saturated rings. The van der Waals surface area contributed by atoms with Crippen molar-refractivity contribution in [1.82, 2.24) is 4.90 Å². The molecule has 0 spiro atoms. The number of anilines is 1. The molecule has 0 unspecified atom stereocenters. The summed E-state index contributed by atoms with van der Waals surface area (Å²) >= 11 is 0. The lowest BCUT2D eigenvalue weighted by molar-refractivity contribution is -0.385. The molecule has 2 aromatic rings. The number of ether oxygens (including phenoxy) is 2. The maximum Gasteiger partial charge on any atom is 0.286 e. The van der Waals surface area contributed by atoms with E-state index in [-0.39, 0.29) is 28.7 Å². The minimum Gasteiger partial charge on any atom is -0.493 e. The molecule has 3 rings (SSSR count). The first kappa shape index (κ1) is 20.1. The molecule has 9 heteroatoms. The van der Waals surface area contributed by atoms with Crippen molar-refractivity contribution in [3.63, 3.8) is 0 Å². The van der Waals surface area contributed by atoms with E-state index in [1.54, 1.807) is 17.0 Å². The van der Waals surface area contributed by atoms with Crippen molar-refractivity contribution in [3.05, 3.63) is 57.1 Å². The second-order valence-electron chi connectivity index (χ2n) is 6.61. The molecule has 0 radical (unpaired) electrons. The molecular formula is C20H21N3O6. The Kier molecular flexibility index (Phi) is 5.67. The molecule has 9 nitrogen and oxygen atoms in total. The van der Waals surface area contributed by atoms with E-state index < -0.39 is 10.8 Å². The smallest absolute Gasteiger partial charge is 0.286 e. The summed E-state index contributed by atoms with van der Waals surface area (Å²) in [6.45, 7) is 2.64. The van der Waals surface area contributed by atoms with Crippen molar-refractivity contribution < 1.29 is 24.0 Å². The number of carbonyl (C=O) groups is 2. The number of methoxy groups -OCH3 is 2. The molecule has 1 N–H and O–H groups in total. The van der Waals surface area contributed by atoms with Gasteiger partial charge in [0.25, 0.3) is 11.6 Å². The monoisotopic (exact) mass is 399 g/mol. The molecule has 1 heterocycles. The summed E-state index contributed by atoms with van der Waals surface area (Å²) in [6, 6.07) is 7.86. The molecule has 0 aromatic heterocycles. The van der Waals surface area contributed by atoms with Gasteiger partial charge in [-0.3, -0.25) is 19.7 Å². The number of amides is 2. The summed E-state index contributed by atoms with van der Waals surface area (Å²) < 4.78 is 10.2. The highest BCUT2D eigenvalue weighted by Gasteiger charge is 2.25. The van der Waals surface area contributed by atoms with Crippen LogP contribution in [0, 0.1) is 10.1 Å². The van der Waals surface area contributed by atoms with Gasteiger partial charge in [-0.1, -0.05) is 6.07 Å². The van der Waals surface area contributed by atoms with E-state index in [4.69, 9.17) is 9.47 Å². The van der Waals surface area contributed by atoms with Gasteiger partial charge in [-0.25, -0.2) is 0 Å². The minimum atomic E-state index is -0.644. The molecule has 2 aromatic carbocycles. The lowest BCUT2D eigenvalue weighted by Crippen LogP contribution is -2.34. The van der Waals surface area contributed by atoms with Crippen LogP contribution >= 0.6 is 0 Å².